The number of anilines is 1. The summed E-state index contributed by atoms with van der Waals surface area (Å²) < 4.78 is 0. The number of nitro groups is 1. The number of nitriles is 1. The Morgan fingerprint density at radius 3 is 2.56 bits per heavy atom. The predicted octanol–water partition coefficient (Wildman–Crippen LogP) is 1.74. The van der Waals surface area contributed by atoms with E-state index in [0.717, 1.165) is 6.20 Å². The van der Waals surface area contributed by atoms with Crippen LogP contribution in [0.2, 0.25) is 0 Å². The van der Waals surface area contributed by atoms with Gasteiger partial charge in [-0.2, -0.15) is 17.0 Å². The third kappa shape index (κ3) is 6.52. The summed E-state index contributed by atoms with van der Waals surface area (Å²) in [5.74, 6) is -1.45. The molecule has 1 atom stereocenters. The first-order chi connectivity index (χ1) is 11.9. The highest BCUT2D eigenvalue weighted by Crippen LogP contribution is 2.15. The fourth-order valence-electron chi connectivity index (χ4n) is 1.71. The first kappa shape index (κ1) is 20.0. The SMILES string of the molecule is CSCCC(NC(=O)/C(C#N)=C\Nc1ccc([N+](=O)[O-])cc1)C(=O)O. The van der Waals surface area contributed by atoms with E-state index < -0.39 is 22.8 Å². The van der Waals surface area contributed by atoms with E-state index in [1.54, 1.807) is 6.07 Å². The summed E-state index contributed by atoms with van der Waals surface area (Å²) in [6, 6.07) is 5.97. The molecule has 0 aliphatic carbocycles. The van der Waals surface area contributed by atoms with Crippen LogP contribution >= 0.6 is 11.8 Å². The van der Waals surface area contributed by atoms with Crippen molar-refractivity contribution in [2.75, 3.05) is 17.3 Å². The van der Waals surface area contributed by atoms with Crippen molar-refractivity contribution in [1.29, 1.82) is 5.26 Å². The van der Waals surface area contributed by atoms with Crippen molar-refractivity contribution in [2.24, 2.45) is 0 Å². The smallest absolute Gasteiger partial charge is 0.326 e. The van der Waals surface area contributed by atoms with Crippen molar-refractivity contribution in [3.8, 4) is 6.07 Å². The number of amides is 1. The van der Waals surface area contributed by atoms with Crippen molar-refractivity contribution in [3.05, 3.63) is 46.2 Å². The lowest BCUT2D eigenvalue weighted by atomic mass is 10.2. The van der Waals surface area contributed by atoms with Crippen molar-refractivity contribution >= 4 is 35.0 Å². The monoisotopic (exact) mass is 364 g/mol. The second kappa shape index (κ2) is 9.94. The molecule has 9 nitrogen and oxygen atoms in total. The van der Waals surface area contributed by atoms with Gasteiger partial charge in [-0.05, 0) is 30.6 Å². The molecule has 1 unspecified atom stereocenters. The molecule has 1 rings (SSSR count). The van der Waals surface area contributed by atoms with Gasteiger partial charge in [0.1, 0.15) is 17.7 Å². The topological polar surface area (TPSA) is 145 Å². The van der Waals surface area contributed by atoms with Crippen LogP contribution in [0.1, 0.15) is 6.42 Å². The van der Waals surface area contributed by atoms with Crippen LogP contribution in [0.25, 0.3) is 0 Å². The Bertz CT molecular complexity index is 712. The Morgan fingerprint density at radius 2 is 2.08 bits per heavy atom. The first-order valence-electron chi connectivity index (χ1n) is 7.03. The number of nitrogens with zero attached hydrogens (tertiary/aromatic N) is 2. The first-order valence-corrected chi connectivity index (χ1v) is 8.42. The lowest BCUT2D eigenvalue weighted by Crippen LogP contribution is -2.41. The molecule has 1 aromatic carbocycles. The molecular formula is C15H16N4O5S. The molecule has 0 radical (unpaired) electrons. The number of hydrogen-bond donors (Lipinski definition) is 3. The normalized spacial score (nSPS) is 11.9. The Kier molecular flexibility index (Phi) is 7.95. The number of benzene rings is 1. The molecular weight excluding hydrogens is 348 g/mol. The average molecular weight is 364 g/mol. The number of carboxylic acid groups (broad SMARTS) is 1. The van der Waals surface area contributed by atoms with Gasteiger partial charge in [0.05, 0.1) is 4.92 Å². The Morgan fingerprint density at radius 1 is 1.44 bits per heavy atom. The summed E-state index contributed by atoms with van der Waals surface area (Å²) >= 11 is 1.44. The van der Waals surface area contributed by atoms with Crippen LogP contribution in [0.3, 0.4) is 0 Å². The minimum atomic E-state index is -1.18. The molecule has 1 aromatic rings. The van der Waals surface area contributed by atoms with Crippen molar-refractivity contribution in [3.63, 3.8) is 0 Å². The number of aliphatic carboxylic acids is 1. The van der Waals surface area contributed by atoms with Gasteiger partial charge < -0.3 is 15.7 Å². The fourth-order valence-corrected chi connectivity index (χ4v) is 2.18. The number of carbonyl (C=O) groups excluding carboxylic acids is 1. The molecule has 0 heterocycles. The van der Waals surface area contributed by atoms with Crippen LogP contribution in [0.4, 0.5) is 11.4 Å². The molecule has 0 bridgehead atoms. The van der Waals surface area contributed by atoms with E-state index >= 15 is 0 Å². The molecule has 1 amide bonds. The lowest BCUT2D eigenvalue weighted by Gasteiger charge is -2.13. The van der Waals surface area contributed by atoms with E-state index in [1.165, 1.54) is 36.0 Å². The van der Waals surface area contributed by atoms with E-state index in [9.17, 15) is 19.7 Å². The lowest BCUT2D eigenvalue weighted by molar-refractivity contribution is -0.384. The molecule has 132 valence electrons. The van der Waals surface area contributed by atoms with E-state index in [1.807, 2.05) is 6.26 Å². The molecule has 0 saturated carbocycles. The van der Waals surface area contributed by atoms with Crippen LogP contribution in [-0.2, 0) is 9.59 Å². The van der Waals surface area contributed by atoms with Crippen LogP contribution in [-0.4, -0.2) is 40.0 Å². The Hall–Kier alpha value is -3.06. The van der Waals surface area contributed by atoms with Gasteiger partial charge in [0.2, 0.25) is 0 Å². The number of hydrogen-bond acceptors (Lipinski definition) is 7. The minimum Gasteiger partial charge on any atom is -0.480 e. The second-order valence-corrected chi connectivity index (χ2v) is 5.75. The Balaban J connectivity index is 2.77. The zero-order valence-corrected chi connectivity index (χ0v) is 14.1. The number of nitrogens with one attached hydrogen (secondary N) is 2. The average Bonchev–Trinajstić information content (AvgIpc) is 2.59. The Labute approximate surface area is 147 Å². The number of rotatable bonds is 9. The highest BCUT2D eigenvalue weighted by molar-refractivity contribution is 7.98. The molecule has 0 fully saturated rings. The largest absolute Gasteiger partial charge is 0.480 e. The van der Waals surface area contributed by atoms with E-state index in [2.05, 4.69) is 10.6 Å². The highest BCUT2D eigenvalue weighted by Gasteiger charge is 2.21. The molecule has 0 aliphatic rings. The number of carboxylic acids is 1. The van der Waals surface area contributed by atoms with Crippen LogP contribution in [0, 0.1) is 21.4 Å². The zero-order valence-electron chi connectivity index (χ0n) is 13.3. The molecule has 0 aliphatic heterocycles. The maximum atomic E-state index is 12.0. The molecule has 0 saturated heterocycles. The van der Waals surface area contributed by atoms with Gasteiger partial charge in [-0.1, -0.05) is 0 Å². The van der Waals surface area contributed by atoms with Crippen LogP contribution in [0.15, 0.2) is 36.0 Å². The van der Waals surface area contributed by atoms with E-state index in [-0.39, 0.29) is 17.7 Å². The van der Waals surface area contributed by atoms with Crippen LogP contribution < -0.4 is 10.6 Å². The third-order valence-corrected chi connectivity index (χ3v) is 3.68. The molecule has 0 aromatic heterocycles. The maximum absolute atomic E-state index is 12.0. The summed E-state index contributed by atoms with van der Waals surface area (Å²) in [6.07, 6.45) is 3.16. The quantitative estimate of drug-likeness (QED) is 0.260. The molecule has 3 N–H and O–H groups in total. The van der Waals surface area contributed by atoms with Gasteiger partial charge in [-0.3, -0.25) is 14.9 Å². The number of nitro benzene ring substituents is 1. The summed E-state index contributed by atoms with van der Waals surface area (Å²) in [7, 11) is 0. The van der Waals surface area contributed by atoms with Gasteiger partial charge in [0.25, 0.3) is 11.6 Å². The summed E-state index contributed by atoms with van der Waals surface area (Å²) in [5.41, 5.74) is 0.0305. The molecule has 0 spiro atoms. The molecule has 10 heteroatoms. The van der Waals surface area contributed by atoms with Gasteiger partial charge >= 0.3 is 5.97 Å². The van der Waals surface area contributed by atoms with E-state index in [0.29, 0.717) is 11.4 Å². The van der Waals surface area contributed by atoms with Gasteiger partial charge in [0.15, 0.2) is 0 Å². The minimum absolute atomic E-state index is 0.0918. The van der Waals surface area contributed by atoms with E-state index in [4.69, 9.17) is 10.4 Å². The van der Waals surface area contributed by atoms with Crippen LogP contribution in [0.5, 0.6) is 0 Å². The summed E-state index contributed by atoms with van der Waals surface area (Å²) in [6.45, 7) is 0. The summed E-state index contributed by atoms with van der Waals surface area (Å²) in [4.78, 5) is 33.2. The van der Waals surface area contributed by atoms with Crippen molar-refractivity contribution < 1.29 is 19.6 Å². The van der Waals surface area contributed by atoms with Gasteiger partial charge in [-0.25, -0.2) is 4.79 Å². The highest BCUT2D eigenvalue weighted by atomic mass is 32.2. The van der Waals surface area contributed by atoms with Crippen molar-refractivity contribution in [2.45, 2.75) is 12.5 Å². The maximum Gasteiger partial charge on any atom is 0.326 e. The standard InChI is InChI=1S/C15H16N4O5S/c1-25-7-6-13(15(21)22)18-14(20)10(8-16)9-17-11-2-4-12(5-3-11)19(23)24/h2-5,9,13,17H,6-7H2,1H3,(H,18,20)(H,21,22)/b10-9-. The fraction of sp³-hybridized carbons (Fsp3) is 0.267. The van der Waals surface area contributed by atoms with Gasteiger partial charge in [0, 0.05) is 24.0 Å². The van der Waals surface area contributed by atoms with Crippen molar-refractivity contribution in [1.82, 2.24) is 5.32 Å². The number of carbonyl (C=O) groups is 2. The number of non-ortho nitro benzene ring substituents is 1. The zero-order chi connectivity index (χ0) is 18.8. The van der Waals surface area contributed by atoms with Gasteiger partial charge in [-0.15, -0.1) is 0 Å². The molecule has 25 heavy (non-hydrogen) atoms. The summed E-state index contributed by atoms with van der Waals surface area (Å²) in [5, 5.41) is 33.7. The predicted molar refractivity (Wildman–Crippen MR) is 93.0 cm³/mol. The third-order valence-electron chi connectivity index (χ3n) is 3.04. The number of thioether (sulfide) groups is 1. The second-order valence-electron chi connectivity index (χ2n) is 4.76.